The normalized spacial score (nSPS) is 33.5. The molecular weight excluding hydrogens is 1030 g/mol. The Morgan fingerprint density at radius 3 is 1.60 bits per heavy atom. The van der Waals surface area contributed by atoms with E-state index in [0.717, 1.165) is 11.1 Å². The molecule has 4 aromatic carbocycles. The van der Waals surface area contributed by atoms with Crippen molar-refractivity contribution in [2.45, 2.75) is 160 Å². The number of hydrogen-bond donors (Lipinski definition) is 2. The minimum absolute atomic E-state index is 0.0293. The van der Waals surface area contributed by atoms with Gasteiger partial charge in [-0.05, 0) is 60.1 Å². The van der Waals surface area contributed by atoms with Crippen molar-refractivity contribution in [1.29, 1.82) is 0 Å². The van der Waals surface area contributed by atoms with Gasteiger partial charge >= 0.3 is 30.1 Å². The highest BCUT2D eigenvalue weighted by molar-refractivity contribution is 5.90. The predicted molar refractivity (Wildman–Crippen MR) is 286 cm³/mol. The van der Waals surface area contributed by atoms with Crippen molar-refractivity contribution in [3.63, 3.8) is 0 Å². The van der Waals surface area contributed by atoms with Crippen molar-refractivity contribution in [3.05, 3.63) is 144 Å². The first-order valence-electron chi connectivity index (χ1n) is 27.8. The lowest BCUT2D eigenvalue weighted by Gasteiger charge is -2.47. The van der Waals surface area contributed by atoms with Gasteiger partial charge in [0.05, 0.1) is 42.0 Å². The Hall–Kier alpha value is -6.45. The van der Waals surface area contributed by atoms with Crippen LogP contribution in [0.5, 0.6) is 0 Å². The summed E-state index contributed by atoms with van der Waals surface area (Å²) in [5.41, 5.74) is 2.23. The van der Waals surface area contributed by atoms with Crippen LogP contribution in [0.25, 0.3) is 0 Å². The van der Waals surface area contributed by atoms with E-state index in [1.54, 1.807) is 60.7 Å². The third kappa shape index (κ3) is 14.3. The fraction of sp³-hybridized carbons (Fsp3) is 0.525. The lowest BCUT2D eigenvalue weighted by molar-refractivity contribution is -0.292. The van der Waals surface area contributed by atoms with Gasteiger partial charge in [0.15, 0.2) is 25.0 Å². The van der Waals surface area contributed by atoms with Crippen LogP contribution < -0.4 is 10.6 Å². The van der Waals surface area contributed by atoms with Gasteiger partial charge in [-0.1, -0.05) is 139 Å². The molecule has 4 aliphatic heterocycles. The monoisotopic (exact) mass is 1110 g/mol. The van der Waals surface area contributed by atoms with Crippen LogP contribution in [0.3, 0.4) is 0 Å². The third-order valence-electron chi connectivity index (χ3n) is 16.1. The lowest BCUT2D eigenvalue weighted by atomic mass is 9.75. The van der Waals surface area contributed by atoms with E-state index in [1.807, 2.05) is 95.3 Å². The van der Waals surface area contributed by atoms with E-state index >= 15 is 0 Å². The molecule has 2 amide bonds. The zero-order valence-electron chi connectivity index (χ0n) is 46.2. The molecule has 4 heterocycles. The molecule has 1 unspecified atom stereocenters. The van der Waals surface area contributed by atoms with Crippen molar-refractivity contribution in [2.75, 3.05) is 13.2 Å². The van der Waals surface area contributed by atoms with Crippen LogP contribution in [-0.4, -0.2) is 129 Å². The molecule has 4 aromatic rings. The number of fused-ring (bicyclic) bond motifs is 1. The topological polar surface area (TPSA) is 223 Å². The highest BCUT2D eigenvalue weighted by atomic mass is 16.8. The predicted octanol–water partition coefficient (Wildman–Crippen LogP) is 8.31. The smallest absolute Gasteiger partial charge is 0.407 e. The minimum Gasteiger partial charge on any atom is -0.463 e. The molecule has 0 spiro atoms. The maximum atomic E-state index is 14.3. The molecule has 19 nitrogen and oxygen atoms in total. The minimum atomic E-state index is -1.27. The van der Waals surface area contributed by atoms with Crippen LogP contribution in [-0.2, 0) is 74.9 Å². The average Bonchev–Trinajstić information content (AvgIpc) is 4.36. The van der Waals surface area contributed by atoms with Crippen LogP contribution in [0, 0.1) is 29.6 Å². The van der Waals surface area contributed by atoms with Crippen LogP contribution >= 0.6 is 0 Å². The molecule has 430 valence electrons. The first-order chi connectivity index (χ1) is 38.6. The van der Waals surface area contributed by atoms with Gasteiger partial charge in [0.1, 0.15) is 56.4 Å². The van der Waals surface area contributed by atoms with E-state index in [2.05, 4.69) is 17.6 Å². The number of epoxide rings is 1. The third-order valence-corrected chi connectivity index (χ3v) is 16.1. The lowest BCUT2D eigenvalue weighted by Crippen LogP contribution is -2.61. The second-order valence-corrected chi connectivity index (χ2v) is 21.6. The average molecular weight is 1110 g/mol. The van der Waals surface area contributed by atoms with E-state index in [4.69, 9.17) is 56.8 Å². The largest absolute Gasteiger partial charge is 0.463 e. The summed E-state index contributed by atoms with van der Waals surface area (Å²) >= 11 is 0. The molecule has 9 rings (SSSR count). The molecule has 5 aliphatic rings. The number of carbonyl (C=O) groups excluding carboxylic acids is 5. The van der Waals surface area contributed by atoms with E-state index in [1.165, 1.54) is 6.92 Å². The van der Waals surface area contributed by atoms with Crippen molar-refractivity contribution >= 4 is 30.1 Å². The summed E-state index contributed by atoms with van der Waals surface area (Å²) < 4.78 is 76.8. The number of rotatable bonds is 20. The van der Waals surface area contributed by atoms with Gasteiger partial charge in [0, 0.05) is 24.7 Å². The molecule has 5 fully saturated rings. The number of carbonyl (C=O) groups is 5. The van der Waals surface area contributed by atoms with Crippen molar-refractivity contribution in [3.8, 4) is 0 Å². The molecule has 1 aliphatic carbocycles. The number of nitrogens with one attached hydrogen (secondary N) is 2. The van der Waals surface area contributed by atoms with Crippen LogP contribution in [0.1, 0.15) is 93.2 Å². The second-order valence-electron chi connectivity index (χ2n) is 21.6. The number of amides is 2. The summed E-state index contributed by atoms with van der Waals surface area (Å²) in [4.78, 5) is 66.9. The standard InChI is InChI=1S/C61H74N2O17/c1-8-45-52(80-57-37(5)36(4)48(76-55(65)42-25-17-11-18-26-42)46(73-57)30-62-60(67)70-31-40-21-13-9-14-22-40)54(77-56(66)43-27-19-12-20-28-43)59(72-45)78-49-35(3)34(2)29-44(63-61(68)71-32-41-23-15-10-16-24-41)51(49)79-58-38(6)50-53(75-50)47(74-58)33-69-39(7)64/h9-28,34-38,44-54,57-59H,8,29-33H2,1-7H3,(H,62,67)(H,63,68)/t34-,35+,36-,37-,38-,44+,45-,46+,47-,48+,49-,50?,51-,52-,53+,54-,57-,58-,59+/m1/s1. The second kappa shape index (κ2) is 26.9. The zero-order chi connectivity index (χ0) is 56.5. The van der Waals surface area contributed by atoms with Gasteiger partial charge in [-0.3, -0.25) is 4.79 Å². The quantitative estimate of drug-likeness (QED) is 0.0482. The maximum absolute atomic E-state index is 14.3. The van der Waals surface area contributed by atoms with E-state index in [-0.39, 0.29) is 61.9 Å². The molecule has 19 atom stereocenters. The first kappa shape index (κ1) is 58.2. The van der Waals surface area contributed by atoms with Crippen LogP contribution in [0.2, 0.25) is 0 Å². The fourth-order valence-electron chi connectivity index (χ4n) is 11.0. The summed E-state index contributed by atoms with van der Waals surface area (Å²) in [5.74, 6) is -3.14. The number of esters is 3. The molecule has 19 heteroatoms. The van der Waals surface area contributed by atoms with Crippen LogP contribution in [0.4, 0.5) is 9.59 Å². The maximum Gasteiger partial charge on any atom is 0.407 e. The van der Waals surface area contributed by atoms with Gasteiger partial charge in [-0.2, -0.15) is 0 Å². The van der Waals surface area contributed by atoms with Gasteiger partial charge in [0.2, 0.25) is 0 Å². The summed E-state index contributed by atoms with van der Waals surface area (Å²) in [5, 5.41) is 5.89. The summed E-state index contributed by atoms with van der Waals surface area (Å²) in [6, 6.07) is 35.0. The Morgan fingerprint density at radius 1 is 0.500 bits per heavy atom. The molecule has 4 saturated heterocycles. The van der Waals surface area contributed by atoms with E-state index in [0.29, 0.717) is 18.4 Å². The molecular formula is C61H74N2O17. The van der Waals surface area contributed by atoms with Gasteiger partial charge in [-0.15, -0.1) is 0 Å². The highest BCUT2D eigenvalue weighted by Crippen LogP contribution is 2.45. The van der Waals surface area contributed by atoms with Crippen molar-refractivity contribution in [2.24, 2.45) is 29.6 Å². The molecule has 0 aromatic heterocycles. The Labute approximate surface area is 466 Å². The fourth-order valence-corrected chi connectivity index (χ4v) is 11.0. The van der Waals surface area contributed by atoms with Crippen molar-refractivity contribution < 1.29 is 80.8 Å². The van der Waals surface area contributed by atoms with Gasteiger partial charge < -0.3 is 67.5 Å². The Kier molecular flexibility index (Phi) is 19.6. The first-order valence-corrected chi connectivity index (χ1v) is 27.8. The molecule has 0 radical (unpaired) electrons. The number of hydrogen-bond acceptors (Lipinski definition) is 17. The molecule has 80 heavy (non-hydrogen) atoms. The van der Waals surface area contributed by atoms with Crippen molar-refractivity contribution in [1.82, 2.24) is 10.6 Å². The van der Waals surface area contributed by atoms with E-state index in [9.17, 15) is 24.0 Å². The number of benzene rings is 4. The SMILES string of the molecule is CC[C@H]1O[C@@H](O[C@@H]2[C@@H](C)[C@H](C)C[C@H](NC(=O)OCc3ccccc3)[C@H]2O[C@H]2O[C@H](COC(C)=O)[C@@H]3OC3[C@H]2C)[C@H](OC(=O)c2ccccc2)[C@@H]1O[C@H]1O[C@@H](CNC(=O)OCc2ccccc2)[C@@H](OC(=O)c2ccccc2)[C@H](C)[C@H]1C. The Morgan fingerprint density at radius 2 is 1.01 bits per heavy atom. The molecule has 1 saturated carbocycles. The molecule has 0 bridgehead atoms. The summed E-state index contributed by atoms with van der Waals surface area (Å²) in [7, 11) is 0. The number of ether oxygens (including phenoxy) is 12. The molecule has 2 N–H and O–H groups in total. The highest BCUT2D eigenvalue weighted by Gasteiger charge is 2.59. The Balaban J connectivity index is 0.996. The summed E-state index contributed by atoms with van der Waals surface area (Å²) in [6.07, 6.45) is -11.4. The van der Waals surface area contributed by atoms with Crippen LogP contribution in [0.15, 0.2) is 121 Å². The Bertz CT molecular complexity index is 2670. The van der Waals surface area contributed by atoms with E-state index < -0.39 is 116 Å². The van der Waals surface area contributed by atoms with Gasteiger partial charge in [-0.25, -0.2) is 19.2 Å². The zero-order valence-corrected chi connectivity index (χ0v) is 46.2. The number of alkyl carbamates (subject to hydrolysis) is 2. The van der Waals surface area contributed by atoms with Gasteiger partial charge in [0.25, 0.3) is 0 Å². The summed E-state index contributed by atoms with van der Waals surface area (Å²) in [6.45, 7) is 13.0.